The Kier molecular flexibility index (Phi) is 7.32. The molecule has 0 unspecified atom stereocenters. The average Bonchev–Trinajstić information content (AvgIpc) is 2.93. The van der Waals surface area contributed by atoms with Gasteiger partial charge in [-0.15, -0.1) is 0 Å². The van der Waals surface area contributed by atoms with Crippen molar-refractivity contribution in [3.63, 3.8) is 0 Å². The summed E-state index contributed by atoms with van der Waals surface area (Å²) in [6.45, 7) is 14.0. The smallest absolute Gasteiger partial charge is 0.337 e. The molecule has 0 N–H and O–H groups in total. The van der Waals surface area contributed by atoms with Crippen molar-refractivity contribution < 1.29 is 9.53 Å². The Bertz CT molecular complexity index is 990. The van der Waals surface area contributed by atoms with Gasteiger partial charge < -0.3 is 4.74 Å². The Balaban J connectivity index is 2.01. The molecule has 2 heteroatoms. The van der Waals surface area contributed by atoms with Crippen molar-refractivity contribution in [2.45, 2.75) is 90.9 Å². The second-order valence-electron chi connectivity index (χ2n) is 10.8. The molecule has 32 heavy (non-hydrogen) atoms. The van der Waals surface area contributed by atoms with E-state index in [1.54, 1.807) is 0 Å². The summed E-state index contributed by atoms with van der Waals surface area (Å²) in [5.41, 5.74) is 9.27. The van der Waals surface area contributed by atoms with Gasteiger partial charge in [0.1, 0.15) is 0 Å². The molecule has 172 valence electrons. The van der Waals surface area contributed by atoms with Gasteiger partial charge in [-0.2, -0.15) is 0 Å². The predicted molar refractivity (Wildman–Crippen MR) is 136 cm³/mol. The van der Waals surface area contributed by atoms with Crippen LogP contribution >= 0.6 is 0 Å². The SMILES string of the molecule is CCCCCCc1cc2c(cc1C(C)=Cc1ccc(C(=O)OC)cc1)C(C)(C)CC2(C)C. The quantitative estimate of drug-likeness (QED) is 0.239. The van der Waals surface area contributed by atoms with Crippen molar-refractivity contribution in [1.29, 1.82) is 0 Å². The molecule has 3 rings (SSSR count). The van der Waals surface area contributed by atoms with Crippen LogP contribution in [0, 0.1) is 0 Å². The Hall–Kier alpha value is -2.35. The van der Waals surface area contributed by atoms with Crippen molar-refractivity contribution in [3.8, 4) is 0 Å². The minimum atomic E-state index is -0.296. The van der Waals surface area contributed by atoms with Gasteiger partial charge in [0, 0.05) is 0 Å². The summed E-state index contributed by atoms with van der Waals surface area (Å²) in [5.74, 6) is -0.296. The highest BCUT2D eigenvalue weighted by Crippen LogP contribution is 2.50. The van der Waals surface area contributed by atoms with Crippen LogP contribution in [0.2, 0.25) is 0 Å². The third-order valence-electron chi connectivity index (χ3n) is 7.02. The summed E-state index contributed by atoms with van der Waals surface area (Å²) >= 11 is 0. The Morgan fingerprint density at radius 3 is 2.19 bits per heavy atom. The number of aryl methyl sites for hydroxylation is 1. The lowest BCUT2D eigenvalue weighted by molar-refractivity contribution is 0.0600. The molecular formula is C30H40O2. The molecule has 0 aromatic heterocycles. The van der Waals surface area contributed by atoms with E-state index in [0.717, 1.165) is 12.0 Å². The van der Waals surface area contributed by atoms with Crippen molar-refractivity contribution in [1.82, 2.24) is 0 Å². The summed E-state index contributed by atoms with van der Waals surface area (Å²) in [6.07, 6.45) is 9.66. The minimum Gasteiger partial charge on any atom is -0.465 e. The first-order valence-electron chi connectivity index (χ1n) is 12.1. The highest BCUT2D eigenvalue weighted by atomic mass is 16.5. The van der Waals surface area contributed by atoms with Crippen LogP contribution < -0.4 is 0 Å². The molecule has 0 amide bonds. The second kappa shape index (κ2) is 9.65. The van der Waals surface area contributed by atoms with Gasteiger partial charge >= 0.3 is 5.97 Å². The lowest BCUT2D eigenvalue weighted by Crippen LogP contribution is -2.18. The molecule has 0 bridgehead atoms. The van der Waals surface area contributed by atoms with Gasteiger partial charge in [-0.3, -0.25) is 0 Å². The zero-order chi connectivity index (χ0) is 23.5. The number of esters is 1. The van der Waals surface area contributed by atoms with Gasteiger partial charge in [0.15, 0.2) is 0 Å². The van der Waals surface area contributed by atoms with Crippen LogP contribution in [0.1, 0.15) is 112 Å². The molecule has 0 saturated carbocycles. The summed E-state index contributed by atoms with van der Waals surface area (Å²) in [6, 6.07) is 12.7. The maximum atomic E-state index is 11.7. The van der Waals surface area contributed by atoms with Crippen LogP contribution in [0.5, 0.6) is 0 Å². The van der Waals surface area contributed by atoms with E-state index in [1.165, 1.54) is 67.0 Å². The van der Waals surface area contributed by atoms with E-state index in [2.05, 4.69) is 59.8 Å². The van der Waals surface area contributed by atoms with Gasteiger partial charge in [0.2, 0.25) is 0 Å². The molecule has 0 radical (unpaired) electrons. The summed E-state index contributed by atoms with van der Waals surface area (Å²) in [4.78, 5) is 11.7. The monoisotopic (exact) mass is 432 g/mol. The third-order valence-corrected chi connectivity index (χ3v) is 7.02. The van der Waals surface area contributed by atoms with Crippen molar-refractivity contribution >= 4 is 17.6 Å². The number of methoxy groups -OCH3 is 1. The molecule has 0 saturated heterocycles. The van der Waals surface area contributed by atoms with E-state index in [0.29, 0.717) is 5.56 Å². The van der Waals surface area contributed by atoms with Gasteiger partial charge in [0.05, 0.1) is 12.7 Å². The fraction of sp³-hybridized carbons (Fsp3) is 0.500. The average molecular weight is 433 g/mol. The maximum absolute atomic E-state index is 11.7. The predicted octanol–water partition coefficient (Wildman–Crippen LogP) is 8.12. The van der Waals surface area contributed by atoms with Gasteiger partial charge in [0.25, 0.3) is 0 Å². The summed E-state index contributed by atoms with van der Waals surface area (Å²) in [5, 5.41) is 0. The summed E-state index contributed by atoms with van der Waals surface area (Å²) in [7, 11) is 1.42. The molecule has 2 aromatic rings. The molecule has 0 spiro atoms. The number of allylic oxidation sites excluding steroid dienone is 1. The molecule has 0 aliphatic heterocycles. The van der Waals surface area contributed by atoms with E-state index < -0.39 is 0 Å². The van der Waals surface area contributed by atoms with Gasteiger partial charge in [-0.25, -0.2) is 4.79 Å². The molecule has 2 nitrogen and oxygen atoms in total. The Morgan fingerprint density at radius 1 is 0.969 bits per heavy atom. The number of unbranched alkanes of at least 4 members (excludes halogenated alkanes) is 3. The van der Waals surface area contributed by atoms with Crippen LogP contribution in [-0.4, -0.2) is 13.1 Å². The Morgan fingerprint density at radius 2 is 1.59 bits per heavy atom. The molecule has 0 heterocycles. The first-order chi connectivity index (χ1) is 15.1. The highest BCUT2D eigenvalue weighted by molar-refractivity contribution is 5.90. The number of fused-ring (bicyclic) bond motifs is 1. The fourth-order valence-corrected chi connectivity index (χ4v) is 5.54. The van der Waals surface area contributed by atoms with E-state index in [4.69, 9.17) is 4.74 Å². The van der Waals surface area contributed by atoms with Gasteiger partial charge in [-0.1, -0.05) is 84.2 Å². The van der Waals surface area contributed by atoms with Crippen molar-refractivity contribution in [2.75, 3.05) is 7.11 Å². The van der Waals surface area contributed by atoms with Crippen molar-refractivity contribution in [3.05, 3.63) is 69.8 Å². The minimum absolute atomic E-state index is 0.191. The number of hydrogen-bond acceptors (Lipinski definition) is 2. The summed E-state index contributed by atoms with van der Waals surface area (Å²) < 4.78 is 4.82. The maximum Gasteiger partial charge on any atom is 0.337 e. The number of carbonyl (C=O) groups excluding carboxylic acids is 1. The molecular weight excluding hydrogens is 392 g/mol. The van der Waals surface area contributed by atoms with Crippen LogP contribution in [-0.2, 0) is 22.0 Å². The lowest BCUT2D eigenvalue weighted by Gasteiger charge is -2.22. The van der Waals surface area contributed by atoms with Gasteiger partial charge in [-0.05, 0) is 82.5 Å². The zero-order valence-electron chi connectivity index (χ0n) is 21.1. The second-order valence-corrected chi connectivity index (χ2v) is 10.8. The van der Waals surface area contributed by atoms with Crippen LogP contribution in [0.4, 0.5) is 0 Å². The molecule has 0 atom stereocenters. The van der Waals surface area contributed by atoms with E-state index in [-0.39, 0.29) is 16.8 Å². The number of benzene rings is 2. The number of hydrogen-bond donors (Lipinski definition) is 0. The first-order valence-corrected chi connectivity index (χ1v) is 12.1. The van der Waals surface area contributed by atoms with Crippen LogP contribution in [0.3, 0.4) is 0 Å². The standard InChI is InChI=1S/C30H40O2/c1-8-9-10-11-12-24-18-26-27(30(5,6)20-29(26,3)4)19-25(24)21(2)17-22-13-15-23(16-14-22)28(31)32-7/h13-19H,8-12,20H2,1-7H3. The molecule has 1 aliphatic carbocycles. The lowest BCUT2D eigenvalue weighted by atomic mass is 9.82. The number of carbonyl (C=O) groups is 1. The fourth-order valence-electron chi connectivity index (χ4n) is 5.54. The number of ether oxygens (including phenoxy) is 1. The normalized spacial score (nSPS) is 16.7. The number of rotatable bonds is 8. The van der Waals surface area contributed by atoms with E-state index in [1.807, 2.05) is 24.3 Å². The highest BCUT2D eigenvalue weighted by Gasteiger charge is 2.42. The van der Waals surface area contributed by atoms with E-state index >= 15 is 0 Å². The van der Waals surface area contributed by atoms with Crippen LogP contribution in [0.25, 0.3) is 11.6 Å². The van der Waals surface area contributed by atoms with Crippen LogP contribution in [0.15, 0.2) is 36.4 Å². The third kappa shape index (κ3) is 5.17. The van der Waals surface area contributed by atoms with E-state index in [9.17, 15) is 4.79 Å². The zero-order valence-corrected chi connectivity index (χ0v) is 21.1. The largest absolute Gasteiger partial charge is 0.465 e. The molecule has 1 aliphatic rings. The Labute approximate surface area is 195 Å². The molecule has 2 aromatic carbocycles. The topological polar surface area (TPSA) is 26.3 Å². The first kappa shape index (κ1) is 24.3. The van der Waals surface area contributed by atoms with Crippen molar-refractivity contribution in [2.24, 2.45) is 0 Å². The molecule has 0 fully saturated rings.